The van der Waals surface area contributed by atoms with E-state index in [1.165, 1.54) is 13.0 Å². The van der Waals surface area contributed by atoms with Crippen LogP contribution in [0.15, 0.2) is 11.8 Å². The predicted molar refractivity (Wildman–Crippen MR) is 66.1 cm³/mol. The number of carbonyl (C=O) groups excluding carboxylic acids is 2. The molecule has 0 aliphatic heterocycles. The SMILES string of the molecule is CC(=O)C(=CC(=O)C(C)(C)C)NC(C)(C)C. The fourth-order valence-corrected chi connectivity index (χ4v) is 0.977. The van der Waals surface area contributed by atoms with E-state index in [-0.39, 0.29) is 17.1 Å². The van der Waals surface area contributed by atoms with E-state index in [0.717, 1.165) is 0 Å². The molecule has 0 fully saturated rings. The molecular weight excluding hydrogens is 202 g/mol. The third-order valence-electron chi connectivity index (χ3n) is 1.90. The first-order valence-electron chi connectivity index (χ1n) is 5.49. The molecule has 0 spiro atoms. The topological polar surface area (TPSA) is 46.2 Å². The summed E-state index contributed by atoms with van der Waals surface area (Å²) in [7, 11) is 0. The summed E-state index contributed by atoms with van der Waals surface area (Å²) in [6, 6.07) is 0. The van der Waals surface area contributed by atoms with Gasteiger partial charge in [-0.3, -0.25) is 9.59 Å². The Morgan fingerprint density at radius 2 is 1.44 bits per heavy atom. The van der Waals surface area contributed by atoms with Crippen LogP contribution in [0.5, 0.6) is 0 Å². The van der Waals surface area contributed by atoms with Crippen LogP contribution in [0.3, 0.4) is 0 Å². The van der Waals surface area contributed by atoms with Gasteiger partial charge in [-0.05, 0) is 20.8 Å². The Balaban J connectivity index is 5.02. The fourth-order valence-electron chi connectivity index (χ4n) is 0.977. The predicted octanol–water partition coefficient (Wildman–Crippen LogP) is 2.46. The zero-order valence-corrected chi connectivity index (χ0v) is 11.4. The number of allylic oxidation sites excluding steroid dienone is 2. The van der Waals surface area contributed by atoms with Gasteiger partial charge in [0.1, 0.15) is 0 Å². The van der Waals surface area contributed by atoms with Crippen LogP contribution in [-0.4, -0.2) is 17.1 Å². The average molecular weight is 225 g/mol. The van der Waals surface area contributed by atoms with Crippen LogP contribution >= 0.6 is 0 Å². The van der Waals surface area contributed by atoms with Crippen LogP contribution in [0.1, 0.15) is 48.5 Å². The summed E-state index contributed by atoms with van der Waals surface area (Å²) in [6.45, 7) is 12.8. The van der Waals surface area contributed by atoms with E-state index in [1.54, 1.807) is 0 Å². The number of Topliss-reactive ketones (excluding diaryl/α,β-unsaturated/α-hetero) is 1. The van der Waals surface area contributed by atoms with Crippen molar-refractivity contribution in [2.75, 3.05) is 0 Å². The van der Waals surface area contributed by atoms with Gasteiger partial charge in [-0.25, -0.2) is 0 Å². The van der Waals surface area contributed by atoms with Crippen LogP contribution in [0.4, 0.5) is 0 Å². The van der Waals surface area contributed by atoms with E-state index in [1.807, 2.05) is 41.5 Å². The second-order valence-corrected chi connectivity index (χ2v) is 6.10. The van der Waals surface area contributed by atoms with Gasteiger partial charge in [0.25, 0.3) is 0 Å². The first kappa shape index (κ1) is 14.9. The van der Waals surface area contributed by atoms with Crippen LogP contribution in [-0.2, 0) is 9.59 Å². The molecule has 0 amide bonds. The Morgan fingerprint density at radius 3 is 1.69 bits per heavy atom. The molecule has 3 nitrogen and oxygen atoms in total. The van der Waals surface area contributed by atoms with Crippen LogP contribution < -0.4 is 5.32 Å². The van der Waals surface area contributed by atoms with Crippen molar-refractivity contribution in [2.45, 2.75) is 54.0 Å². The van der Waals surface area contributed by atoms with Crippen LogP contribution in [0.2, 0.25) is 0 Å². The lowest BCUT2D eigenvalue weighted by atomic mass is 9.90. The summed E-state index contributed by atoms with van der Waals surface area (Å²) < 4.78 is 0. The Hall–Kier alpha value is -1.12. The molecule has 0 radical (unpaired) electrons. The second-order valence-electron chi connectivity index (χ2n) is 6.10. The second kappa shape index (κ2) is 4.81. The van der Waals surface area contributed by atoms with Gasteiger partial charge in [0.15, 0.2) is 11.6 Å². The van der Waals surface area contributed by atoms with Crippen molar-refractivity contribution < 1.29 is 9.59 Å². The number of nitrogens with one attached hydrogen (secondary N) is 1. The Bertz CT molecular complexity index is 314. The van der Waals surface area contributed by atoms with Gasteiger partial charge in [-0.2, -0.15) is 0 Å². The molecule has 0 rings (SSSR count). The molecule has 0 saturated carbocycles. The minimum Gasteiger partial charge on any atom is -0.377 e. The van der Waals surface area contributed by atoms with Crippen molar-refractivity contribution in [3.8, 4) is 0 Å². The fraction of sp³-hybridized carbons (Fsp3) is 0.692. The van der Waals surface area contributed by atoms with Crippen LogP contribution in [0, 0.1) is 5.41 Å². The van der Waals surface area contributed by atoms with E-state index in [0.29, 0.717) is 5.70 Å². The molecular formula is C13H23NO2. The van der Waals surface area contributed by atoms with Crippen LogP contribution in [0.25, 0.3) is 0 Å². The van der Waals surface area contributed by atoms with Crippen molar-refractivity contribution >= 4 is 11.6 Å². The molecule has 0 heterocycles. The summed E-state index contributed by atoms with van der Waals surface area (Å²) in [5.41, 5.74) is -0.303. The number of hydrogen-bond acceptors (Lipinski definition) is 3. The molecule has 0 unspecified atom stereocenters. The zero-order valence-electron chi connectivity index (χ0n) is 11.4. The molecule has 16 heavy (non-hydrogen) atoms. The molecule has 0 aromatic rings. The van der Waals surface area contributed by atoms with Gasteiger partial charge >= 0.3 is 0 Å². The maximum atomic E-state index is 11.8. The lowest BCUT2D eigenvalue weighted by Gasteiger charge is -2.24. The molecule has 0 aromatic carbocycles. The normalized spacial score (nSPS) is 13.6. The monoisotopic (exact) mass is 225 g/mol. The smallest absolute Gasteiger partial charge is 0.175 e. The van der Waals surface area contributed by atoms with Gasteiger partial charge in [0, 0.05) is 24.0 Å². The van der Waals surface area contributed by atoms with E-state index in [2.05, 4.69) is 5.32 Å². The van der Waals surface area contributed by atoms with Gasteiger partial charge in [-0.1, -0.05) is 20.8 Å². The molecule has 3 heteroatoms. The number of carbonyl (C=O) groups is 2. The maximum absolute atomic E-state index is 11.8. The molecule has 0 bridgehead atoms. The molecule has 92 valence electrons. The van der Waals surface area contributed by atoms with Gasteiger partial charge in [0.2, 0.25) is 0 Å². The number of rotatable bonds is 3. The first-order chi connectivity index (χ1) is 6.93. The van der Waals surface area contributed by atoms with Gasteiger partial charge < -0.3 is 5.32 Å². The third kappa shape index (κ3) is 5.69. The summed E-state index contributed by atoms with van der Waals surface area (Å²) >= 11 is 0. The Kier molecular flexibility index (Phi) is 4.47. The quantitative estimate of drug-likeness (QED) is 0.750. The molecule has 0 aliphatic carbocycles. The number of hydrogen-bond donors (Lipinski definition) is 1. The largest absolute Gasteiger partial charge is 0.377 e. The third-order valence-corrected chi connectivity index (χ3v) is 1.90. The maximum Gasteiger partial charge on any atom is 0.175 e. The lowest BCUT2D eigenvalue weighted by Crippen LogP contribution is -2.38. The zero-order chi connectivity index (χ0) is 13.1. The van der Waals surface area contributed by atoms with E-state index in [9.17, 15) is 9.59 Å². The van der Waals surface area contributed by atoms with Crippen molar-refractivity contribution in [2.24, 2.45) is 5.41 Å². The standard InChI is InChI=1S/C13H23NO2/c1-9(15)10(14-13(5,6)7)8-11(16)12(2,3)4/h8,14H,1-7H3. The van der Waals surface area contributed by atoms with Gasteiger partial charge in [0.05, 0.1) is 5.70 Å². The minimum atomic E-state index is -0.458. The van der Waals surface area contributed by atoms with E-state index < -0.39 is 5.41 Å². The highest BCUT2D eigenvalue weighted by Gasteiger charge is 2.22. The summed E-state index contributed by atoms with van der Waals surface area (Å²) in [6.07, 6.45) is 1.41. The minimum absolute atomic E-state index is 0.0468. The molecule has 0 saturated heterocycles. The molecule has 0 aromatic heterocycles. The first-order valence-corrected chi connectivity index (χ1v) is 5.49. The van der Waals surface area contributed by atoms with Crippen molar-refractivity contribution in [1.29, 1.82) is 0 Å². The van der Waals surface area contributed by atoms with Gasteiger partial charge in [-0.15, -0.1) is 0 Å². The Labute approximate surface area is 98.3 Å². The average Bonchev–Trinajstić information content (AvgIpc) is 1.98. The highest BCUT2D eigenvalue weighted by molar-refractivity contribution is 6.03. The summed E-state index contributed by atoms with van der Waals surface area (Å²) in [5.74, 6) is -0.165. The van der Waals surface area contributed by atoms with E-state index >= 15 is 0 Å². The van der Waals surface area contributed by atoms with Crippen molar-refractivity contribution in [1.82, 2.24) is 5.32 Å². The lowest BCUT2D eigenvalue weighted by molar-refractivity contribution is -0.122. The van der Waals surface area contributed by atoms with E-state index in [4.69, 9.17) is 0 Å². The summed E-state index contributed by atoms with van der Waals surface area (Å²) in [4.78, 5) is 23.2. The Morgan fingerprint density at radius 1 is 1.00 bits per heavy atom. The molecule has 0 atom stereocenters. The number of ketones is 2. The molecule has 0 aliphatic rings. The van der Waals surface area contributed by atoms with Crippen molar-refractivity contribution in [3.63, 3.8) is 0 Å². The molecule has 1 N–H and O–H groups in total. The highest BCUT2D eigenvalue weighted by atomic mass is 16.1. The highest BCUT2D eigenvalue weighted by Crippen LogP contribution is 2.16. The van der Waals surface area contributed by atoms with Crippen molar-refractivity contribution in [3.05, 3.63) is 11.8 Å². The summed E-state index contributed by atoms with van der Waals surface area (Å²) in [5, 5.41) is 3.05.